The Labute approximate surface area is 199 Å². The summed E-state index contributed by atoms with van der Waals surface area (Å²) in [4.78, 5) is 36.8. The summed E-state index contributed by atoms with van der Waals surface area (Å²) in [7, 11) is 0. The van der Waals surface area contributed by atoms with E-state index in [4.69, 9.17) is 9.72 Å². The number of hydrogen-bond acceptors (Lipinski definition) is 7. The van der Waals surface area contributed by atoms with Gasteiger partial charge in [-0.1, -0.05) is 23.9 Å². The average Bonchev–Trinajstić information content (AvgIpc) is 2.71. The average molecular weight is 473 g/mol. The van der Waals surface area contributed by atoms with Gasteiger partial charge >= 0.3 is 12.1 Å². The standard InChI is InChI=1S/C24H32N4O4S/c1-15-8-7-9-18(16(15)2)33-20-17(3)26-19(14-25-20)28-12-10-24(11-13-28,21(29)30)27-22(31)32-23(4,5)6/h7-9,14H,10-13H2,1-6H3,(H,27,31)(H,29,30). The maximum Gasteiger partial charge on any atom is 0.408 e. The van der Waals surface area contributed by atoms with E-state index < -0.39 is 23.2 Å². The van der Waals surface area contributed by atoms with Crippen molar-refractivity contribution in [2.24, 2.45) is 0 Å². The Kier molecular flexibility index (Phi) is 7.21. The summed E-state index contributed by atoms with van der Waals surface area (Å²) in [5, 5.41) is 13.3. The van der Waals surface area contributed by atoms with E-state index in [0.717, 1.165) is 15.6 Å². The number of aryl methyl sites for hydroxylation is 2. The smallest absolute Gasteiger partial charge is 0.408 e. The summed E-state index contributed by atoms with van der Waals surface area (Å²) in [5.41, 5.74) is 1.22. The van der Waals surface area contributed by atoms with Crippen LogP contribution in [0.4, 0.5) is 10.6 Å². The van der Waals surface area contributed by atoms with Crippen LogP contribution in [0.15, 0.2) is 34.3 Å². The van der Waals surface area contributed by atoms with Gasteiger partial charge in [0.05, 0.1) is 11.9 Å². The number of nitrogens with zero attached hydrogens (tertiary/aromatic N) is 3. The minimum Gasteiger partial charge on any atom is -0.480 e. The molecular formula is C24H32N4O4S. The van der Waals surface area contributed by atoms with Gasteiger partial charge in [0.2, 0.25) is 0 Å². The van der Waals surface area contributed by atoms with Gasteiger partial charge in [-0.15, -0.1) is 0 Å². The van der Waals surface area contributed by atoms with Gasteiger partial charge < -0.3 is 20.1 Å². The van der Waals surface area contributed by atoms with Crippen molar-refractivity contribution >= 4 is 29.6 Å². The van der Waals surface area contributed by atoms with E-state index in [0.29, 0.717) is 18.9 Å². The third kappa shape index (κ3) is 5.96. The molecule has 0 spiro atoms. The third-order valence-electron chi connectivity index (χ3n) is 5.74. The van der Waals surface area contributed by atoms with Crippen molar-refractivity contribution in [3.63, 3.8) is 0 Å². The molecule has 1 aliphatic heterocycles. The molecule has 2 heterocycles. The lowest BCUT2D eigenvalue weighted by molar-refractivity contribution is -0.145. The first kappa shape index (κ1) is 24.8. The largest absolute Gasteiger partial charge is 0.480 e. The van der Waals surface area contributed by atoms with Gasteiger partial charge in [0.25, 0.3) is 0 Å². The second-order valence-electron chi connectivity index (χ2n) is 9.42. The molecule has 9 heteroatoms. The Bertz CT molecular complexity index is 1040. The molecular weight excluding hydrogens is 440 g/mol. The van der Waals surface area contributed by atoms with Crippen LogP contribution in [-0.2, 0) is 9.53 Å². The van der Waals surface area contributed by atoms with Crippen molar-refractivity contribution < 1.29 is 19.4 Å². The van der Waals surface area contributed by atoms with Crippen LogP contribution in [0.5, 0.6) is 0 Å². The Morgan fingerprint density at radius 1 is 1.18 bits per heavy atom. The van der Waals surface area contributed by atoms with Crippen molar-refractivity contribution in [1.29, 1.82) is 0 Å². The zero-order valence-electron chi connectivity index (χ0n) is 20.1. The molecule has 1 saturated heterocycles. The first-order chi connectivity index (χ1) is 15.4. The van der Waals surface area contributed by atoms with Crippen molar-refractivity contribution in [3.05, 3.63) is 41.2 Å². The molecule has 33 heavy (non-hydrogen) atoms. The maximum atomic E-state index is 12.2. The van der Waals surface area contributed by atoms with Crippen molar-refractivity contribution in [3.8, 4) is 0 Å². The van der Waals surface area contributed by atoms with Crippen LogP contribution in [-0.4, -0.2) is 51.4 Å². The number of aromatic nitrogens is 2. The number of nitrogens with one attached hydrogen (secondary N) is 1. The number of hydrogen-bond donors (Lipinski definition) is 2. The predicted molar refractivity (Wildman–Crippen MR) is 128 cm³/mol. The molecule has 0 saturated carbocycles. The molecule has 1 fully saturated rings. The normalized spacial score (nSPS) is 15.8. The number of carbonyl (C=O) groups excluding carboxylic acids is 1. The second kappa shape index (κ2) is 9.59. The molecule has 2 aromatic rings. The summed E-state index contributed by atoms with van der Waals surface area (Å²) >= 11 is 1.59. The Morgan fingerprint density at radius 2 is 1.85 bits per heavy atom. The number of rotatable bonds is 5. The first-order valence-electron chi connectivity index (χ1n) is 11.0. The van der Waals surface area contributed by atoms with Gasteiger partial charge in [0, 0.05) is 18.0 Å². The van der Waals surface area contributed by atoms with Gasteiger partial charge in [-0.05, 0) is 71.6 Å². The molecule has 0 unspecified atom stereocenters. The number of alkyl carbamates (subject to hydrolysis) is 1. The van der Waals surface area contributed by atoms with Crippen molar-refractivity contribution in [2.75, 3.05) is 18.0 Å². The van der Waals surface area contributed by atoms with E-state index in [-0.39, 0.29) is 12.8 Å². The SMILES string of the molecule is Cc1cccc(Sc2ncc(N3CCC(NC(=O)OC(C)(C)C)(C(=O)O)CC3)nc2C)c1C. The number of carboxylic acid groups (broad SMARTS) is 1. The first-order valence-corrected chi connectivity index (χ1v) is 11.8. The van der Waals surface area contributed by atoms with E-state index in [1.165, 1.54) is 11.1 Å². The molecule has 1 aromatic heterocycles. The van der Waals surface area contributed by atoms with E-state index in [1.54, 1.807) is 38.7 Å². The molecule has 0 aliphatic carbocycles. The highest BCUT2D eigenvalue weighted by Gasteiger charge is 2.44. The minimum atomic E-state index is -1.36. The fraction of sp³-hybridized carbons (Fsp3) is 0.500. The molecule has 0 radical (unpaired) electrons. The molecule has 0 atom stereocenters. The molecule has 178 valence electrons. The van der Waals surface area contributed by atoms with Crippen LogP contribution in [0.1, 0.15) is 50.4 Å². The highest BCUT2D eigenvalue weighted by Crippen LogP contribution is 2.33. The number of carboxylic acids is 1. The van der Waals surface area contributed by atoms with Crippen LogP contribution in [0, 0.1) is 20.8 Å². The number of piperidine rings is 1. The van der Waals surface area contributed by atoms with Crippen LogP contribution < -0.4 is 10.2 Å². The summed E-state index contributed by atoms with van der Waals surface area (Å²) < 4.78 is 5.27. The van der Waals surface area contributed by atoms with Gasteiger partial charge in [0.1, 0.15) is 22.0 Å². The third-order valence-corrected chi connectivity index (χ3v) is 7.00. The number of amides is 1. The quantitative estimate of drug-likeness (QED) is 0.655. The molecule has 1 aliphatic rings. The Balaban J connectivity index is 1.69. The number of benzene rings is 1. The fourth-order valence-corrected chi connectivity index (χ4v) is 4.63. The van der Waals surface area contributed by atoms with Crippen LogP contribution in [0.3, 0.4) is 0 Å². The summed E-state index contributed by atoms with van der Waals surface area (Å²) in [6.07, 6.45) is 1.49. The van der Waals surface area contributed by atoms with Gasteiger partial charge in [0.15, 0.2) is 0 Å². The lowest BCUT2D eigenvalue weighted by atomic mass is 9.87. The van der Waals surface area contributed by atoms with Crippen LogP contribution in [0.2, 0.25) is 0 Å². The van der Waals surface area contributed by atoms with Gasteiger partial charge in [-0.3, -0.25) is 0 Å². The molecule has 1 amide bonds. The molecule has 8 nitrogen and oxygen atoms in total. The number of anilines is 1. The molecule has 0 bridgehead atoms. The Hall–Kier alpha value is -2.81. The van der Waals surface area contributed by atoms with Crippen molar-refractivity contribution in [2.45, 2.75) is 75.4 Å². The van der Waals surface area contributed by atoms with E-state index in [9.17, 15) is 14.7 Å². The summed E-state index contributed by atoms with van der Waals surface area (Å²) in [5.74, 6) is -0.357. The van der Waals surface area contributed by atoms with Gasteiger partial charge in [-0.2, -0.15) is 0 Å². The maximum absolute atomic E-state index is 12.2. The van der Waals surface area contributed by atoms with Crippen molar-refractivity contribution in [1.82, 2.24) is 15.3 Å². The van der Waals surface area contributed by atoms with Gasteiger partial charge in [-0.25, -0.2) is 19.6 Å². The zero-order chi connectivity index (χ0) is 24.4. The highest BCUT2D eigenvalue weighted by molar-refractivity contribution is 7.99. The summed E-state index contributed by atoms with van der Waals surface area (Å²) in [6, 6.07) is 6.21. The zero-order valence-corrected chi connectivity index (χ0v) is 20.9. The monoisotopic (exact) mass is 472 g/mol. The van der Waals surface area contributed by atoms with E-state index >= 15 is 0 Å². The number of aliphatic carboxylic acids is 1. The lowest BCUT2D eigenvalue weighted by Gasteiger charge is -2.39. The summed E-state index contributed by atoms with van der Waals surface area (Å²) in [6.45, 7) is 12.2. The second-order valence-corrected chi connectivity index (χ2v) is 10.5. The topological polar surface area (TPSA) is 105 Å². The molecule has 2 N–H and O–H groups in total. The van der Waals surface area contributed by atoms with Crippen LogP contribution >= 0.6 is 11.8 Å². The van der Waals surface area contributed by atoms with E-state index in [1.807, 2.05) is 17.9 Å². The van der Waals surface area contributed by atoms with Crippen LogP contribution in [0.25, 0.3) is 0 Å². The molecule has 3 rings (SSSR count). The fourth-order valence-electron chi connectivity index (χ4n) is 3.66. The lowest BCUT2D eigenvalue weighted by Crippen LogP contribution is -2.60. The number of ether oxygens (including phenoxy) is 1. The number of carbonyl (C=O) groups is 2. The predicted octanol–water partition coefficient (Wildman–Crippen LogP) is 4.50. The Morgan fingerprint density at radius 3 is 2.42 bits per heavy atom. The molecule has 1 aromatic carbocycles. The van der Waals surface area contributed by atoms with E-state index in [2.05, 4.69) is 36.3 Å². The highest BCUT2D eigenvalue weighted by atomic mass is 32.2. The minimum absolute atomic E-state index is 0.237.